The van der Waals surface area contributed by atoms with Crippen molar-refractivity contribution in [2.24, 2.45) is 0 Å². The van der Waals surface area contributed by atoms with Crippen LogP contribution in [-0.2, 0) is 9.53 Å². The molecule has 1 heterocycles. The molecule has 0 atom stereocenters. The van der Waals surface area contributed by atoms with Crippen molar-refractivity contribution in [1.29, 1.82) is 0 Å². The number of esters is 1. The first-order chi connectivity index (χ1) is 10.5. The number of ether oxygens (including phenoxy) is 1. The summed E-state index contributed by atoms with van der Waals surface area (Å²) in [4.78, 5) is 34.5. The first-order valence-corrected chi connectivity index (χ1v) is 6.72. The average molecular weight is 304 g/mol. The zero-order valence-corrected chi connectivity index (χ0v) is 12.2. The summed E-state index contributed by atoms with van der Waals surface area (Å²) in [6, 6.07) is 7.88. The first-order valence-electron chi connectivity index (χ1n) is 6.72. The van der Waals surface area contributed by atoms with E-state index < -0.39 is 24.5 Å². The van der Waals surface area contributed by atoms with Crippen molar-refractivity contribution in [2.45, 2.75) is 19.9 Å². The standard InChI is InChI=1S/C15H16N2O5/c1-9(2)16-15(20)17-13(18)8-21-14(19)12-7-10-5-3-4-6-11(10)22-12/h3-7,9H,8H2,1-2H3,(H2,16,17,18,20). The molecule has 0 spiro atoms. The molecule has 7 nitrogen and oxygen atoms in total. The van der Waals surface area contributed by atoms with Crippen LogP contribution in [0.5, 0.6) is 0 Å². The topological polar surface area (TPSA) is 97.6 Å². The molecule has 0 radical (unpaired) electrons. The second-order valence-corrected chi connectivity index (χ2v) is 4.90. The maximum atomic E-state index is 11.8. The summed E-state index contributed by atoms with van der Waals surface area (Å²) in [5, 5.41) is 5.29. The third-order valence-corrected chi connectivity index (χ3v) is 2.63. The van der Waals surface area contributed by atoms with E-state index in [9.17, 15) is 14.4 Å². The van der Waals surface area contributed by atoms with Crippen molar-refractivity contribution >= 4 is 28.9 Å². The molecule has 0 aliphatic carbocycles. The number of furan rings is 1. The van der Waals surface area contributed by atoms with Gasteiger partial charge in [-0.2, -0.15) is 0 Å². The van der Waals surface area contributed by atoms with E-state index in [2.05, 4.69) is 5.32 Å². The normalized spacial score (nSPS) is 10.5. The molecule has 1 aromatic heterocycles. The summed E-state index contributed by atoms with van der Waals surface area (Å²) in [6.45, 7) is 2.94. The van der Waals surface area contributed by atoms with Gasteiger partial charge in [-0.05, 0) is 26.0 Å². The fourth-order valence-corrected chi connectivity index (χ4v) is 1.75. The Hall–Kier alpha value is -2.83. The van der Waals surface area contributed by atoms with Gasteiger partial charge in [-0.25, -0.2) is 9.59 Å². The van der Waals surface area contributed by atoms with Crippen molar-refractivity contribution in [3.63, 3.8) is 0 Å². The fraction of sp³-hybridized carbons (Fsp3) is 0.267. The minimum Gasteiger partial charge on any atom is -0.450 e. The number of rotatable bonds is 4. The van der Waals surface area contributed by atoms with E-state index >= 15 is 0 Å². The number of para-hydroxylation sites is 1. The first kappa shape index (κ1) is 15.6. The van der Waals surface area contributed by atoms with E-state index in [1.54, 1.807) is 32.0 Å². The number of hydrogen-bond acceptors (Lipinski definition) is 5. The van der Waals surface area contributed by atoms with Gasteiger partial charge in [0.15, 0.2) is 6.61 Å². The zero-order valence-electron chi connectivity index (χ0n) is 12.2. The number of carbonyl (C=O) groups is 3. The molecule has 0 fully saturated rings. The highest BCUT2D eigenvalue weighted by Crippen LogP contribution is 2.19. The number of imide groups is 1. The van der Waals surface area contributed by atoms with Gasteiger partial charge in [0.05, 0.1) is 0 Å². The van der Waals surface area contributed by atoms with Crippen molar-refractivity contribution in [2.75, 3.05) is 6.61 Å². The van der Waals surface area contributed by atoms with Crippen molar-refractivity contribution in [3.05, 3.63) is 36.1 Å². The lowest BCUT2D eigenvalue weighted by Crippen LogP contribution is -2.44. The molecule has 0 bridgehead atoms. The third kappa shape index (κ3) is 4.08. The molecular weight excluding hydrogens is 288 g/mol. The molecule has 2 N–H and O–H groups in total. The molecule has 0 unspecified atom stereocenters. The van der Waals surface area contributed by atoms with E-state index in [0.717, 1.165) is 5.39 Å². The van der Waals surface area contributed by atoms with Crippen molar-refractivity contribution < 1.29 is 23.5 Å². The predicted molar refractivity (Wildman–Crippen MR) is 78.3 cm³/mol. The number of hydrogen-bond donors (Lipinski definition) is 2. The maximum Gasteiger partial charge on any atom is 0.374 e. The largest absolute Gasteiger partial charge is 0.450 e. The monoisotopic (exact) mass is 304 g/mol. The molecule has 0 saturated heterocycles. The van der Waals surface area contributed by atoms with Gasteiger partial charge >= 0.3 is 12.0 Å². The lowest BCUT2D eigenvalue weighted by atomic mass is 10.2. The highest BCUT2D eigenvalue weighted by atomic mass is 16.5. The number of amides is 3. The number of fused-ring (bicyclic) bond motifs is 1. The third-order valence-electron chi connectivity index (χ3n) is 2.63. The molecule has 0 aliphatic heterocycles. The van der Waals surface area contributed by atoms with Crippen LogP contribution in [0.3, 0.4) is 0 Å². The minimum absolute atomic E-state index is 0.000585. The van der Waals surface area contributed by atoms with E-state index in [4.69, 9.17) is 9.15 Å². The number of carbonyl (C=O) groups excluding carboxylic acids is 3. The van der Waals surface area contributed by atoms with Gasteiger partial charge in [-0.3, -0.25) is 10.1 Å². The molecule has 2 aromatic rings. The lowest BCUT2D eigenvalue weighted by molar-refractivity contribution is -0.123. The Kier molecular flexibility index (Phi) is 4.77. The summed E-state index contributed by atoms with van der Waals surface area (Å²) in [5.41, 5.74) is 0.551. The van der Waals surface area contributed by atoms with Crippen LogP contribution in [0.4, 0.5) is 4.79 Å². The van der Waals surface area contributed by atoms with Crippen LogP contribution < -0.4 is 10.6 Å². The van der Waals surface area contributed by atoms with Crippen LogP contribution in [0.1, 0.15) is 24.4 Å². The highest BCUT2D eigenvalue weighted by Gasteiger charge is 2.16. The number of nitrogens with one attached hydrogen (secondary N) is 2. The van der Waals surface area contributed by atoms with Gasteiger partial charge in [-0.15, -0.1) is 0 Å². The van der Waals surface area contributed by atoms with E-state index in [1.807, 2.05) is 11.4 Å². The molecule has 1 aromatic carbocycles. The summed E-state index contributed by atoms with van der Waals surface area (Å²) in [7, 11) is 0. The number of urea groups is 1. The Labute approximate surface area is 126 Å². The Morgan fingerprint density at radius 1 is 1.23 bits per heavy atom. The van der Waals surface area contributed by atoms with Gasteiger partial charge in [0.25, 0.3) is 5.91 Å². The highest BCUT2D eigenvalue weighted by molar-refractivity contribution is 5.97. The summed E-state index contributed by atoms with van der Waals surface area (Å²) < 4.78 is 10.1. The van der Waals surface area contributed by atoms with E-state index in [-0.39, 0.29) is 11.8 Å². The van der Waals surface area contributed by atoms with Crippen LogP contribution in [0, 0.1) is 0 Å². The SMILES string of the molecule is CC(C)NC(=O)NC(=O)COC(=O)c1cc2ccccc2o1. The quantitative estimate of drug-likeness (QED) is 0.840. The molecule has 116 valence electrons. The van der Waals surface area contributed by atoms with Gasteiger partial charge in [-0.1, -0.05) is 18.2 Å². The van der Waals surface area contributed by atoms with Crippen LogP contribution in [0.2, 0.25) is 0 Å². The predicted octanol–water partition coefficient (Wildman–Crippen LogP) is 1.82. The average Bonchev–Trinajstić information content (AvgIpc) is 2.87. The lowest BCUT2D eigenvalue weighted by Gasteiger charge is -2.09. The Balaban J connectivity index is 1.87. The number of benzene rings is 1. The summed E-state index contributed by atoms with van der Waals surface area (Å²) in [6.07, 6.45) is 0. The van der Waals surface area contributed by atoms with E-state index in [1.165, 1.54) is 6.07 Å². The van der Waals surface area contributed by atoms with Gasteiger partial charge < -0.3 is 14.5 Å². The van der Waals surface area contributed by atoms with Gasteiger partial charge in [0, 0.05) is 11.4 Å². The Morgan fingerprint density at radius 3 is 2.64 bits per heavy atom. The fourth-order valence-electron chi connectivity index (χ4n) is 1.75. The molecule has 2 rings (SSSR count). The molecule has 0 saturated carbocycles. The molecule has 22 heavy (non-hydrogen) atoms. The maximum absolute atomic E-state index is 11.8. The molecule has 3 amide bonds. The molecule has 7 heteroatoms. The summed E-state index contributed by atoms with van der Waals surface area (Å²) in [5.74, 6) is -1.49. The second kappa shape index (κ2) is 6.75. The zero-order chi connectivity index (χ0) is 16.1. The smallest absolute Gasteiger partial charge is 0.374 e. The van der Waals surface area contributed by atoms with Crippen LogP contribution in [0.15, 0.2) is 34.7 Å². The summed E-state index contributed by atoms with van der Waals surface area (Å²) >= 11 is 0. The Morgan fingerprint density at radius 2 is 1.95 bits per heavy atom. The van der Waals surface area contributed by atoms with Gasteiger partial charge in [0.2, 0.25) is 5.76 Å². The van der Waals surface area contributed by atoms with Crippen molar-refractivity contribution in [3.8, 4) is 0 Å². The van der Waals surface area contributed by atoms with Crippen LogP contribution >= 0.6 is 0 Å². The van der Waals surface area contributed by atoms with Gasteiger partial charge in [0.1, 0.15) is 5.58 Å². The van der Waals surface area contributed by atoms with E-state index in [0.29, 0.717) is 5.58 Å². The molecule has 0 aliphatic rings. The Bertz CT molecular complexity index is 672. The molecular formula is C15H16N2O5. The van der Waals surface area contributed by atoms with Crippen LogP contribution in [-0.4, -0.2) is 30.6 Å². The van der Waals surface area contributed by atoms with Crippen molar-refractivity contribution in [1.82, 2.24) is 10.6 Å². The minimum atomic E-state index is -0.768. The van der Waals surface area contributed by atoms with Crippen LogP contribution in [0.25, 0.3) is 11.0 Å². The second-order valence-electron chi connectivity index (χ2n) is 4.90.